The van der Waals surface area contributed by atoms with Gasteiger partial charge >= 0.3 is 5.97 Å². The van der Waals surface area contributed by atoms with Crippen molar-refractivity contribution in [2.24, 2.45) is 0 Å². The van der Waals surface area contributed by atoms with E-state index in [4.69, 9.17) is 5.11 Å². The first-order chi connectivity index (χ1) is 9.20. The summed E-state index contributed by atoms with van der Waals surface area (Å²) in [4.78, 5) is 11.0. The Morgan fingerprint density at radius 1 is 1.11 bits per heavy atom. The van der Waals surface area contributed by atoms with Crippen LogP contribution in [0.4, 0.5) is 0 Å². The molecule has 2 rings (SSSR count). The average Bonchev–Trinajstić information content (AvgIpc) is 2.45. The van der Waals surface area contributed by atoms with E-state index in [1.165, 1.54) is 0 Å². The zero-order valence-corrected chi connectivity index (χ0v) is 10.8. The highest BCUT2D eigenvalue weighted by Crippen LogP contribution is 2.20. The van der Waals surface area contributed by atoms with E-state index in [-0.39, 0.29) is 0 Å². The molecule has 3 nitrogen and oxygen atoms in total. The van der Waals surface area contributed by atoms with E-state index in [2.05, 4.69) is 5.32 Å². The summed E-state index contributed by atoms with van der Waals surface area (Å²) in [5, 5.41) is 11.9. The zero-order chi connectivity index (χ0) is 13.7. The van der Waals surface area contributed by atoms with Gasteiger partial charge in [-0.3, -0.25) is 4.79 Å². The second kappa shape index (κ2) is 6.16. The van der Waals surface area contributed by atoms with E-state index in [0.717, 1.165) is 16.7 Å². The van der Waals surface area contributed by atoms with Gasteiger partial charge in [-0.1, -0.05) is 54.6 Å². The number of aliphatic carboxylic acids is 1. The maximum atomic E-state index is 11.0. The Hall–Kier alpha value is -2.13. The topological polar surface area (TPSA) is 49.3 Å². The highest BCUT2D eigenvalue weighted by Gasteiger charge is 2.15. The molecule has 0 aliphatic carbocycles. The van der Waals surface area contributed by atoms with Crippen molar-refractivity contribution in [1.82, 2.24) is 5.32 Å². The Labute approximate surface area is 112 Å². The summed E-state index contributed by atoms with van der Waals surface area (Å²) < 4.78 is 0. The molecule has 0 aliphatic rings. The summed E-state index contributed by atoms with van der Waals surface area (Å²) in [7, 11) is 1.67. The smallest absolute Gasteiger partial charge is 0.321 e. The van der Waals surface area contributed by atoms with Crippen LogP contribution in [0, 0.1) is 0 Å². The fourth-order valence-corrected chi connectivity index (χ4v) is 2.06. The molecule has 0 heterocycles. The van der Waals surface area contributed by atoms with Gasteiger partial charge in [0.1, 0.15) is 6.04 Å². The summed E-state index contributed by atoms with van der Waals surface area (Å²) in [5.41, 5.74) is 3.27. The van der Waals surface area contributed by atoms with Gasteiger partial charge in [0, 0.05) is 0 Å². The summed E-state index contributed by atoms with van der Waals surface area (Å²) in [6, 6.07) is 17.5. The van der Waals surface area contributed by atoms with Gasteiger partial charge in [0.25, 0.3) is 0 Å². The number of carbonyl (C=O) groups is 1. The fraction of sp³-hybridized carbons (Fsp3) is 0.188. The molecule has 2 N–H and O–H groups in total. The van der Waals surface area contributed by atoms with Gasteiger partial charge in [0.15, 0.2) is 0 Å². The molecule has 0 saturated heterocycles. The van der Waals surface area contributed by atoms with Crippen LogP contribution in [-0.4, -0.2) is 24.2 Å². The minimum atomic E-state index is -0.826. The molecular weight excluding hydrogens is 238 g/mol. The molecule has 2 aromatic carbocycles. The van der Waals surface area contributed by atoms with Crippen LogP contribution < -0.4 is 5.32 Å². The van der Waals surface area contributed by atoms with E-state index >= 15 is 0 Å². The molecule has 3 heteroatoms. The molecule has 0 spiro atoms. The summed E-state index contributed by atoms with van der Waals surface area (Å²) in [6.07, 6.45) is 0.479. The van der Waals surface area contributed by atoms with Crippen molar-refractivity contribution in [3.8, 4) is 11.1 Å². The predicted octanol–water partition coefficient (Wildman–Crippen LogP) is 2.57. The molecule has 1 unspecified atom stereocenters. The van der Waals surface area contributed by atoms with Crippen molar-refractivity contribution in [2.75, 3.05) is 7.05 Å². The number of likely N-dealkylation sites (N-methyl/N-ethyl adjacent to an activating group) is 1. The first-order valence-corrected chi connectivity index (χ1v) is 6.25. The van der Waals surface area contributed by atoms with Crippen LogP contribution in [0.5, 0.6) is 0 Å². The molecular formula is C16H17NO2. The number of carboxylic acids is 1. The molecule has 0 fully saturated rings. The minimum Gasteiger partial charge on any atom is -0.480 e. The standard InChI is InChI=1S/C16H17NO2/c1-17-15(16(18)19)11-12-6-5-9-14(10-12)13-7-3-2-4-8-13/h2-10,15,17H,11H2,1H3,(H,18,19). The third-order valence-electron chi connectivity index (χ3n) is 3.12. The Kier molecular flexibility index (Phi) is 4.31. The van der Waals surface area contributed by atoms with Crippen LogP contribution in [0.1, 0.15) is 5.56 Å². The molecule has 0 aromatic heterocycles. The van der Waals surface area contributed by atoms with Crippen molar-refractivity contribution in [1.29, 1.82) is 0 Å². The molecule has 1 atom stereocenters. The predicted molar refractivity (Wildman–Crippen MR) is 76.1 cm³/mol. The lowest BCUT2D eigenvalue weighted by Crippen LogP contribution is -2.35. The summed E-state index contributed by atoms with van der Waals surface area (Å²) in [6.45, 7) is 0. The minimum absolute atomic E-state index is 0.479. The normalized spacial score (nSPS) is 12.1. The third-order valence-corrected chi connectivity index (χ3v) is 3.12. The maximum absolute atomic E-state index is 11.0. The van der Waals surface area contributed by atoms with E-state index < -0.39 is 12.0 Å². The monoisotopic (exact) mass is 255 g/mol. The van der Waals surface area contributed by atoms with Crippen LogP contribution in [0.2, 0.25) is 0 Å². The molecule has 2 aromatic rings. The van der Waals surface area contributed by atoms with Crippen LogP contribution in [0.3, 0.4) is 0 Å². The van der Waals surface area contributed by atoms with Gasteiger partial charge in [-0.25, -0.2) is 0 Å². The Bertz CT molecular complexity index is 552. The van der Waals surface area contributed by atoms with Crippen molar-refractivity contribution < 1.29 is 9.90 Å². The largest absolute Gasteiger partial charge is 0.480 e. The van der Waals surface area contributed by atoms with Gasteiger partial charge in [-0.15, -0.1) is 0 Å². The van der Waals surface area contributed by atoms with Gasteiger partial charge in [0.2, 0.25) is 0 Å². The molecule has 98 valence electrons. The second-order valence-electron chi connectivity index (χ2n) is 4.45. The van der Waals surface area contributed by atoms with Crippen LogP contribution in [0.15, 0.2) is 54.6 Å². The maximum Gasteiger partial charge on any atom is 0.321 e. The molecule has 0 aliphatic heterocycles. The SMILES string of the molecule is CNC(Cc1cccc(-c2ccccc2)c1)C(=O)O. The first kappa shape index (κ1) is 13.3. The quantitative estimate of drug-likeness (QED) is 0.863. The number of hydrogen-bond donors (Lipinski definition) is 2. The lowest BCUT2D eigenvalue weighted by atomic mass is 9.99. The second-order valence-corrected chi connectivity index (χ2v) is 4.45. The van der Waals surface area contributed by atoms with Gasteiger partial charge < -0.3 is 10.4 Å². The van der Waals surface area contributed by atoms with Gasteiger partial charge in [-0.2, -0.15) is 0 Å². The summed E-state index contributed by atoms with van der Waals surface area (Å²) in [5.74, 6) is -0.826. The molecule has 0 amide bonds. The fourth-order valence-electron chi connectivity index (χ4n) is 2.06. The first-order valence-electron chi connectivity index (χ1n) is 6.25. The van der Waals surface area contributed by atoms with Gasteiger partial charge in [-0.05, 0) is 30.2 Å². The van der Waals surface area contributed by atoms with Crippen LogP contribution in [0.25, 0.3) is 11.1 Å². The Morgan fingerprint density at radius 2 is 1.79 bits per heavy atom. The van der Waals surface area contributed by atoms with Crippen molar-refractivity contribution in [2.45, 2.75) is 12.5 Å². The van der Waals surface area contributed by atoms with E-state index in [1.807, 2.05) is 54.6 Å². The summed E-state index contributed by atoms with van der Waals surface area (Å²) >= 11 is 0. The Balaban J connectivity index is 2.23. The molecule has 0 saturated carbocycles. The van der Waals surface area contributed by atoms with Crippen LogP contribution in [-0.2, 0) is 11.2 Å². The zero-order valence-electron chi connectivity index (χ0n) is 10.8. The lowest BCUT2D eigenvalue weighted by molar-refractivity contribution is -0.139. The molecule has 0 radical (unpaired) electrons. The van der Waals surface area contributed by atoms with E-state index in [0.29, 0.717) is 6.42 Å². The average molecular weight is 255 g/mol. The Morgan fingerprint density at radius 3 is 2.42 bits per heavy atom. The highest BCUT2D eigenvalue weighted by molar-refractivity contribution is 5.74. The number of benzene rings is 2. The number of carboxylic acid groups (broad SMARTS) is 1. The number of hydrogen-bond acceptors (Lipinski definition) is 2. The van der Waals surface area contributed by atoms with Crippen molar-refractivity contribution in [3.63, 3.8) is 0 Å². The molecule has 0 bridgehead atoms. The lowest BCUT2D eigenvalue weighted by Gasteiger charge is -2.12. The van der Waals surface area contributed by atoms with Gasteiger partial charge in [0.05, 0.1) is 0 Å². The van der Waals surface area contributed by atoms with E-state index in [9.17, 15) is 4.79 Å². The molecule has 19 heavy (non-hydrogen) atoms. The van der Waals surface area contributed by atoms with Crippen LogP contribution >= 0.6 is 0 Å². The van der Waals surface area contributed by atoms with Crippen molar-refractivity contribution >= 4 is 5.97 Å². The van der Waals surface area contributed by atoms with Crippen molar-refractivity contribution in [3.05, 3.63) is 60.2 Å². The number of rotatable bonds is 5. The third kappa shape index (κ3) is 3.42. The number of nitrogens with one attached hydrogen (secondary N) is 1. The highest BCUT2D eigenvalue weighted by atomic mass is 16.4. The van der Waals surface area contributed by atoms with E-state index in [1.54, 1.807) is 7.05 Å².